The zero-order valence-electron chi connectivity index (χ0n) is 16.4. The van der Waals surface area contributed by atoms with Crippen LogP contribution in [0.4, 0.5) is 0 Å². The second-order valence-electron chi connectivity index (χ2n) is 8.11. The van der Waals surface area contributed by atoms with Crippen molar-refractivity contribution in [3.8, 4) is 5.75 Å². The van der Waals surface area contributed by atoms with E-state index < -0.39 is 11.5 Å². The van der Waals surface area contributed by atoms with Crippen LogP contribution in [-0.2, 0) is 16.6 Å². The lowest BCUT2D eigenvalue weighted by atomic mass is 9.77. The number of β-amino-alcohol motifs (C(OH)–C–C–N with tert-alkyl or cyclic N) is 1. The number of amides is 1. The Bertz CT molecular complexity index is 800. The van der Waals surface area contributed by atoms with Crippen LogP contribution in [0.1, 0.15) is 36.8 Å². The van der Waals surface area contributed by atoms with Crippen LogP contribution in [0.2, 0.25) is 0 Å². The molecule has 148 valence electrons. The number of likely N-dealkylation sites (tertiary alicyclic amines) is 1. The number of hydrogen-bond acceptors (Lipinski definition) is 4. The van der Waals surface area contributed by atoms with Crippen molar-refractivity contribution in [2.75, 3.05) is 20.2 Å². The molecule has 2 atom stereocenters. The van der Waals surface area contributed by atoms with E-state index in [-0.39, 0.29) is 11.8 Å². The maximum absolute atomic E-state index is 13.6. The molecule has 2 aliphatic rings. The summed E-state index contributed by atoms with van der Waals surface area (Å²) in [5.41, 5.74) is 1.76. The average molecular weight is 380 g/mol. The number of methoxy groups -OCH3 is 1. The second kappa shape index (κ2) is 7.92. The summed E-state index contributed by atoms with van der Waals surface area (Å²) in [5.74, 6) is 1.05. The van der Waals surface area contributed by atoms with Gasteiger partial charge in [-0.25, -0.2) is 0 Å². The van der Waals surface area contributed by atoms with Gasteiger partial charge in [0.25, 0.3) is 0 Å². The molecule has 0 spiro atoms. The van der Waals surface area contributed by atoms with Crippen molar-refractivity contribution in [2.45, 2.75) is 43.6 Å². The van der Waals surface area contributed by atoms with Gasteiger partial charge in [-0.15, -0.1) is 0 Å². The highest BCUT2D eigenvalue weighted by Gasteiger charge is 2.47. The van der Waals surface area contributed by atoms with Crippen molar-refractivity contribution in [2.24, 2.45) is 5.92 Å². The summed E-state index contributed by atoms with van der Waals surface area (Å²) in [7, 11) is 1.65. The topological polar surface area (TPSA) is 62.7 Å². The summed E-state index contributed by atoms with van der Waals surface area (Å²) in [4.78, 5) is 19.6. The molecule has 1 aromatic heterocycles. The fourth-order valence-electron chi connectivity index (χ4n) is 4.86. The number of benzene rings is 1. The molecule has 2 aromatic rings. The van der Waals surface area contributed by atoms with Gasteiger partial charge in [0.15, 0.2) is 0 Å². The van der Waals surface area contributed by atoms with Crippen LogP contribution in [-0.4, -0.2) is 47.2 Å². The zero-order chi connectivity index (χ0) is 19.6. The van der Waals surface area contributed by atoms with E-state index in [1.165, 1.54) is 0 Å². The molecule has 2 heterocycles. The first-order valence-electron chi connectivity index (χ1n) is 10.1. The van der Waals surface area contributed by atoms with Crippen LogP contribution in [0.5, 0.6) is 5.75 Å². The molecule has 1 aromatic carbocycles. The quantitative estimate of drug-likeness (QED) is 0.866. The first-order valence-corrected chi connectivity index (χ1v) is 10.1. The fourth-order valence-corrected chi connectivity index (χ4v) is 4.86. The number of ether oxygens (including phenoxy) is 1. The van der Waals surface area contributed by atoms with E-state index in [9.17, 15) is 9.90 Å². The third-order valence-electron chi connectivity index (χ3n) is 6.45. The SMILES string of the molecule is COc1ccc(C2(C(=O)N3C[C@@H](Cc4ccncc4)[C@@H](O)C3)CCCC2)cc1. The largest absolute Gasteiger partial charge is 0.497 e. The molecule has 1 aliphatic heterocycles. The van der Waals surface area contributed by atoms with E-state index in [0.29, 0.717) is 13.1 Å². The minimum Gasteiger partial charge on any atom is -0.497 e. The minimum absolute atomic E-state index is 0.0701. The highest BCUT2D eigenvalue weighted by atomic mass is 16.5. The molecule has 1 aliphatic carbocycles. The van der Waals surface area contributed by atoms with Gasteiger partial charge in [0.2, 0.25) is 5.91 Å². The van der Waals surface area contributed by atoms with Gasteiger partial charge >= 0.3 is 0 Å². The Balaban J connectivity index is 1.53. The molecule has 1 saturated heterocycles. The van der Waals surface area contributed by atoms with E-state index in [4.69, 9.17) is 4.74 Å². The van der Waals surface area contributed by atoms with Crippen molar-refractivity contribution in [1.29, 1.82) is 0 Å². The van der Waals surface area contributed by atoms with Gasteiger partial charge in [-0.1, -0.05) is 25.0 Å². The van der Waals surface area contributed by atoms with Crippen LogP contribution in [0, 0.1) is 5.92 Å². The molecule has 5 heteroatoms. The van der Waals surface area contributed by atoms with E-state index in [0.717, 1.165) is 49.0 Å². The van der Waals surface area contributed by atoms with Crippen LogP contribution in [0.3, 0.4) is 0 Å². The molecule has 4 rings (SSSR count). The van der Waals surface area contributed by atoms with Crippen molar-refractivity contribution in [1.82, 2.24) is 9.88 Å². The van der Waals surface area contributed by atoms with E-state index in [1.807, 2.05) is 41.3 Å². The smallest absolute Gasteiger partial charge is 0.233 e. The lowest BCUT2D eigenvalue weighted by molar-refractivity contribution is -0.136. The third kappa shape index (κ3) is 3.51. The summed E-state index contributed by atoms with van der Waals surface area (Å²) in [6, 6.07) is 11.9. The number of rotatable bonds is 5. The Kier molecular flexibility index (Phi) is 5.36. The molecule has 5 nitrogen and oxygen atoms in total. The van der Waals surface area contributed by atoms with Gasteiger partial charge in [0.1, 0.15) is 5.75 Å². The maximum Gasteiger partial charge on any atom is 0.233 e. The van der Waals surface area contributed by atoms with E-state index in [2.05, 4.69) is 4.98 Å². The zero-order valence-corrected chi connectivity index (χ0v) is 16.4. The first-order chi connectivity index (χ1) is 13.6. The number of carbonyl (C=O) groups is 1. The lowest BCUT2D eigenvalue weighted by Gasteiger charge is -2.33. The molecule has 1 saturated carbocycles. The summed E-state index contributed by atoms with van der Waals surface area (Å²) in [6.45, 7) is 1.03. The number of pyridine rings is 1. The van der Waals surface area contributed by atoms with Gasteiger partial charge in [-0.3, -0.25) is 9.78 Å². The van der Waals surface area contributed by atoms with Crippen molar-refractivity contribution < 1.29 is 14.6 Å². The fraction of sp³-hybridized carbons (Fsp3) is 0.478. The highest BCUT2D eigenvalue weighted by molar-refractivity contribution is 5.89. The Morgan fingerprint density at radius 1 is 1.14 bits per heavy atom. The Morgan fingerprint density at radius 2 is 1.82 bits per heavy atom. The highest BCUT2D eigenvalue weighted by Crippen LogP contribution is 2.44. The van der Waals surface area contributed by atoms with Gasteiger partial charge in [0, 0.05) is 31.4 Å². The summed E-state index contributed by atoms with van der Waals surface area (Å²) < 4.78 is 5.28. The monoisotopic (exact) mass is 380 g/mol. The summed E-state index contributed by atoms with van der Waals surface area (Å²) in [5, 5.41) is 10.6. The third-order valence-corrected chi connectivity index (χ3v) is 6.45. The molecular formula is C23H28N2O3. The van der Waals surface area contributed by atoms with Crippen molar-refractivity contribution in [3.05, 3.63) is 59.9 Å². The van der Waals surface area contributed by atoms with Gasteiger partial charge in [-0.2, -0.15) is 0 Å². The number of aliphatic hydroxyl groups is 1. The molecule has 1 amide bonds. The maximum atomic E-state index is 13.6. The molecule has 2 fully saturated rings. The number of nitrogens with zero attached hydrogens (tertiary/aromatic N) is 2. The van der Waals surface area contributed by atoms with Gasteiger partial charge < -0.3 is 14.7 Å². The molecular weight excluding hydrogens is 352 g/mol. The Hall–Kier alpha value is -2.40. The summed E-state index contributed by atoms with van der Waals surface area (Å²) in [6.07, 6.45) is 7.71. The van der Waals surface area contributed by atoms with Crippen molar-refractivity contribution in [3.63, 3.8) is 0 Å². The summed E-state index contributed by atoms with van der Waals surface area (Å²) >= 11 is 0. The van der Waals surface area contributed by atoms with Crippen LogP contribution in [0.25, 0.3) is 0 Å². The normalized spacial score (nSPS) is 23.7. The van der Waals surface area contributed by atoms with Crippen LogP contribution in [0.15, 0.2) is 48.8 Å². The predicted molar refractivity (Wildman–Crippen MR) is 107 cm³/mol. The standard InChI is InChI=1S/C23H28N2O3/c1-28-20-6-4-19(5-7-20)23(10-2-3-11-23)22(27)25-15-18(21(26)16-25)14-17-8-12-24-13-9-17/h4-9,12-13,18,21,26H,2-3,10-11,14-16H2,1H3/t18-,21+/m1/s1. The number of carbonyl (C=O) groups excluding carboxylic acids is 1. The van der Waals surface area contributed by atoms with Crippen LogP contribution >= 0.6 is 0 Å². The molecule has 0 bridgehead atoms. The molecule has 0 radical (unpaired) electrons. The van der Waals surface area contributed by atoms with E-state index >= 15 is 0 Å². The Labute approximate surface area is 166 Å². The number of aromatic nitrogens is 1. The Morgan fingerprint density at radius 3 is 2.46 bits per heavy atom. The molecule has 0 unspecified atom stereocenters. The second-order valence-corrected chi connectivity index (χ2v) is 8.11. The first kappa shape index (κ1) is 18.9. The predicted octanol–water partition coefficient (Wildman–Crippen LogP) is 2.96. The minimum atomic E-state index is -0.480. The molecule has 1 N–H and O–H groups in total. The lowest BCUT2D eigenvalue weighted by Crippen LogP contribution is -2.45. The molecule has 28 heavy (non-hydrogen) atoms. The average Bonchev–Trinajstić information content (AvgIpc) is 3.37. The van der Waals surface area contributed by atoms with Gasteiger partial charge in [-0.05, 0) is 54.7 Å². The number of aliphatic hydroxyl groups excluding tert-OH is 1. The van der Waals surface area contributed by atoms with Crippen molar-refractivity contribution >= 4 is 5.91 Å². The van der Waals surface area contributed by atoms with Crippen LogP contribution < -0.4 is 4.74 Å². The number of hydrogen-bond donors (Lipinski definition) is 1. The van der Waals surface area contributed by atoms with Gasteiger partial charge in [0.05, 0.1) is 18.6 Å². The van der Waals surface area contributed by atoms with E-state index in [1.54, 1.807) is 19.5 Å².